The normalized spacial score (nSPS) is 18.3. The van der Waals surface area contributed by atoms with E-state index in [1.807, 2.05) is 56.5 Å². The van der Waals surface area contributed by atoms with Gasteiger partial charge in [0.2, 0.25) is 5.91 Å². The van der Waals surface area contributed by atoms with E-state index in [0.717, 1.165) is 11.5 Å². The number of thioether (sulfide) groups is 1. The van der Waals surface area contributed by atoms with Crippen LogP contribution in [0.4, 0.5) is 0 Å². The van der Waals surface area contributed by atoms with Gasteiger partial charge < -0.3 is 4.90 Å². The number of carbonyl (C=O) groups is 1. The molecule has 1 aliphatic rings. The number of sulfone groups is 1. The van der Waals surface area contributed by atoms with Crippen molar-refractivity contribution in [3.8, 4) is 5.69 Å². The molecule has 1 aromatic heterocycles. The summed E-state index contributed by atoms with van der Waals surface area (Å²) in [7, 11) is -3.05. The van der Waals surface area contributed by atoms with Crippen molar-refractivity contribution in [1.29, 1.82) is 0 Å². The fourth-order valence-corrected chi connectivity index (χ4v) is 6.12. The molecule has 0 aliphatic carbocycles. The highest BCUT2D eigenvalue weighted by Crippen LogP contribution is 2.25. The zero-order valence-electron chi connectivity index (χ0n) is 17.3. The van der Waals surface area contributed by atoms with Crippen LogP contribution >= 0.6 is 11.8 Å². The van der Waals surface area contributed by atoms with E-state index in [1.165, 1.54) is 17.3 Å². The van der Waals surface area contributed by atoms with Crippen molar-refractivity contribution in [1.82, 2.24) is 19.7 Å². The van der Waals surface area contributed by atoms with Crippen LogP contribution in [0.1, 0.15) is 31.7 Å². The van der Waals surface area contributed by atoms with Gasteiger partial charge in [-0.2, -0.15) is 0 Å². The highest BCUT2D eigenvalue weighted by molar-refractivity contribution is 7.99. The topological polar surface area (TPSA) is 85.2 Å². The van der Waals surface area contributed by atoms with E-state index < -0.39 is 9.84 Å². The van der Waals surface area contributed by atoms with E-state index in [9.17, 15) is 13.2 Å². The van der Waals surface area contributed by atoms with E-state index in [1.54, 1.807) is 4.90 Å². The van der Waals surface area contributed by atoms with Crippen LogP contribution in [0.2, 0.25) is 0 Å². The Balaban J connectivity index is 1.74. The van der Waals surface area contributed by atoms with Gasteiger partial charge in [0, 0.05) is 18.3 Å². The molecule has 1 atom stereocenters. The van der Waals surface area contributed by atoms with Gasteiger partial charge in [0.05, 0.1) is 17.3 Å². The van der Waals surface area contributed by atoms with Gasteiger partial charge >= 0.3 is 0 Å². The molecule has 3 rings (SSSR count). The Morgan fingerprint density at radius 1 is 1.24 bits per heavy atom. The van der Waals surface area contributed by atoms with Crippen LogP contribution < -0.4 is 0 Å². The van der Waals surface area contributed by atoms with E-state index in [0.29, 0.717) is 18.1 Å². The number of rotatable bonds is 7. The average molecular weight is 437 g/mol. The number of aromatic nitrogens is 3. The highest BCUT2D eigenvalue weighted by atomic mass is 32.2. The molecule has 2 aromatic rings. The fraction of sp³-hybridized carbons (Fsp3) is 0.550. The third-order valence-corrected chi connectivity index (χ3v) is 7.61. The molecule has 0 N–H and O–H groups in total. The summed E-state index contributed by atoms with van der Waals surface area (Å²) in [5.41, 5.74) is 2.12. The van der Waals surface area contributed by atoms with Crippen molar-refractivity contribution < 1.29 is 13.2 Å². The molecule has 1 saturated heterocycles. The first-order valence-corrected chi connectivity index (χ1v) is 12.6. The number of carbonyl (C=O) groups excluding carboxylic acids is 1. The minimum Gasteiger partial charge on any atom is -0.338 e. The lowest BCUT2D eigenvalue weighted by Gasteiger charge is -2.29. The second-order valence-electron chi connectivity index (χ2n) is 7.99. The molecule has 1 fully saturated rings. The number of hydrogen-bond acceptors (Lipinski definition) is 6. The number of benzene rings is 1. The molecule has 1 aliphatic heterocycles. The minimum atomic E-state index is -3.05. The predicted octanol–water partition coefficient (Wildman–Crippen LogP) is 2.65. The summed E-state index contributed by atoms with van der Waals surface area (Å²) in [5, 5.41) is 9.06. The summed E-state index contributed by atoms with van der Waals surface area (Å²) in [4.78, 5) is 14.8. The number of aryl methyl sites for hydroxylation is 2. The molecule has 29 heavy (non-hydrogen) atoms. The maximum absolute atomic E-state index is 13.0. The zero-order valence-corrected chi connectivity index (χ0v) is 19.0. The maximum Gasteiger partial charge on any atom is 0.233 e. The van der Waals surface area contributed by atoms with Crippen LogP contribution in [0.5, 0.6) is 0 Å². The van der Waals surface area contributed by atoms with Crippen molar-refractivity contribution in [3.63, 3.8) is 0 Å². The van der Waals surface area contributed by atoms with Gasteiger partial charge in [0.1, 0.15) is 5.82 Å². The van der Waals surface area contributed by atoms with Crippen LogP contribution in [0.15, 0.2) is 29.4 Å². The minimum absolute atomic E-state index is 0.0538. The maximum atomic E-state index is 13.0. The van der Waals surface area contributed by atoms with Gasteiger partial charge in [-0.05, 0) is 38.3 Å². The monoisotopic (exact) mass is 436 g/mol. The highest BCUT2D eigenvalue weighted by Gasteiger charge is 2.34. The Bertz CT molecular complexity index is 968. The van der Waals surface area contributed by atoms with E-state index >= 15 is 0 Å². The molecule has 7 nitrogen and oxygen atoms in total. The van der Waals surface area contributed by atoms with Crippen molar-refractivity contribution in [2.24, 2.45) is 5.92 Å². The summed E-state index contributed by atoms with van der Waals surface area (Å²) >= 11 is 1.34. The second-order valence-corrected chi connectivity index (χ2v) is 11.2. The molecule has 0 bridgehead atoms. The molecule has 1 aromatic carbocycles. The quantitative estimate of drug-likeness (QED) is 0.621. The summed E-state index contributed by atoms with van der Waals surface area (Å²) in [6, 6.07) is 7.84. The predicted molar refractivity (Wildman–Crippen MR) is 115 cm³/mol. The molecule has 2 heterocycles. The van der Waals surface area contributed by atoms with Crippen LogP contribution in [-0.2, 0) is 14.6 Å². The van der Waals surface area contributed by atoms with Crippen molar-refractivity contribution in [2.75, 3.05) is 23.8 Å². The van der Waals surface area contributed by atoms with Gasteiger partial charge in [-0.3, -0.25) is 9.36 Å². The number of hydrogen-bond donors (Lipinski definition) is 0. The first-order valence-electron chi connectivity index (χ1n) is 9.78. The second kappa shape index (κ2) is 8.87. The number of amides is 1. The van der Waals surface area contributed by atoms with E-state index in [4.69, 9.17) is 0 Å². The smallest absolute Gasteiger partial charge is 0.233 e. The summed E-state index contributed by atoms with van der Waals surface area (Å²) < 4.78 is 25.7. The molecule has 158 valence electrons. The Hall–Kier alpha value is -1.87. The van der Waals surface area contributed by atoms with Crippen LogP contribution in [-0.4, -0.2) is 63.8 Å². The summed E-state index contributed by atoms with van der Waals surface area (Å²) in [6.07, 6.45) is 0.518. The standard InChI is InChI=1S/C20H28N4O3S2/c1-14(2)11-23(18-9-10-29(26,27)13-18)19(25)12-28-20-22-21-16(4)24(20)17-7-5-15(3)6-8-17/h5-8,14,18H,9-13H2,1-4H3. The van der Waals surface area contributed by atoms with Gasteiger partial charge in [0.15, 0.2) is 15.0 Å². The molecular weight excluding hydrogens is 408 g/mol. The van der Waals surface area contributed by atoms with Crippen molar-refractivity contribution in [3.05, 3.63) is 35.7 Å². The fourth-order valence-electron chi connectivity index (χ4n) is 3.51. The van der Waals surface area contributed by atoms with Crippen molar-refractivity contribution >= 4 is 27.5 Å². The largest absolute Gasteiger partial charge is 0.338 e. The lowest BCUT2D eigenvalue weighted by molar-refractivity contribution is -0.130. The lowest BCUT2D eigenvalue weighted by atomic mass is 10.1. The first kappa shape index (κ1) is 21.8. The summed E-state index contributed by atoms with van der Waals surface area (Å²) in [6.45, 7) is 8.54. The Morgan fingerprint density at radius 2 is 1.93 bits per heavy atom. The van der Waals surface area contributed by atoms with Gasteiger partial charge in [0.25, 0.3) is 0 Å². The Morgan fingerprint density at radius 3 is 2.52 bits per heavy atom. The zero-order chi connectivity index (χ0) is 21.2. The molecule has 1 unspecified atom stereocenters. The molecule has 9 heteroatoms. The SMILES string of the molecule is Cc1ccc(-n2c(C)nnc2SCC(=O)N(CC(C)C)C2CCS(=O)(=O)C2)cc1. The summed E-state index contributed by atoms with van der Waals surface area (Å²) in [5.74, 6) is 1.40. The van der Waals surface area contributed by atoms with Crippen LogP contribution in [0.25, 0.3) is 5.69 Å². The molecular formula is C20H28N4O3S2. The molecule has 0 radical (unpaired) electrons. The van der Waals surface area contributed by atoms with Gasteiger partial charge in [-0.1, -0.05) is 43.3 Å². The van der Waals surface area contributed by atoms with Crippen molar-refractivity contribution in [2.45, 2.75) is 45.3 Å². The third kappa shape index (κ3) is 5.39. The molecule has 0 spiro atoms. The van der Waals surface area contributed by atoms with Crippen LogP contribution in [0, 0.1) is 19.8 Å². The van der Waals surface area contributed by atoms with Crippen LogP contribution in [0.3, 0.4) is 0 Å². The lowest BCUT2D eigenvalue weighted by Crippen LogP contribution is -2.44. The average Bonchev–Trinajstić information content (AvgIpc) is 3.20. The Labute approximate surface area is 176 Å². The van der Waals surface area contributed by atoms with E-state index in [-0.39, 0.29) is 35.1 Å². The third-order valence-electron chi connectivity index (χ3n) is 4.94. The molecule has 0 saturated carbocycles. The van der Waals surface area contributed by atoms with Gasteiger partial charge in [-0.15, -0.1) is 10.2 Å². The van der Waals surface area contributed by atoms with E-state index in [2.05, 4.69) is 10.2 Å². The molecule has 1 amide bonds. The first-order chi connectivity index (χ1) is 13.7. The van der Waals surface area contributed by atoms with Gasteiger partial charge in [-0.25, -0.2) is 8.42 Å². The Kier molecular flexibility index (Phi) is 6.68. The number of nitrogens with zero attached hydrogens (tertiary/aromatic N) is 4.